The second-order valence-corrected chi connectivity index (χ2v) is 13.6. The van der Waals surface area contributed by atoms with Crippen LogP contribution < -0.4 is 9.47 Å². The highest BCUT2D eigenvalue weighted by atomic mass is 16.6. The van der Waals surface area contributed by atoms with Gasteiger partial charge in [0.05, 0.1) is 20.3 Å². The molecule has 4 saturated carbocycles. The van der Waals surface area contributed by atoms with Gasteiger partial charge in [-0.3, -0.25) is 4.90 Å². The highest BCUT2D eigenvalue weighted by Crippen LogP contribution is 2.76. The van der Waals surface area contributed by atoms with Crippen LogP contribution in [-0.2, 0) is 37.4 Å². The lowest BCUT2D eigenvalue weighted by atomic mass is 9.35. The van der Waals surface area contributed by atoms with E-state index in [1.807, 2.05) is 37.4 Å². The molecule has 1 saturated heterocycles. The standard InChI is InChI=1S/C34H41NO7/c1-38-28(37)20-41-25-5-3-4-22(14-25)18-40-19-24-16-32-10-11-34(24,39-2)31-33(32)12-13-35(17-21-6-7-21)27(32)15-23-8-9-26(36)30(42-31)29(23)33/h3-5,8-9,14,21,24,27,31,36H,6-7,10-13,15-20H2,1-2H3/t24-,27-,31-,32?,33?,34?/m1/s1. The van der Waals surface area contributed by atoms with Gasteiger partial charge in [-0.15, -0.1) is 0 Å². The first kappa shape index (κ1) is 26.8. The number of hydrogen-bond donors (Lipinski definition) is 1. The maximum Gasteiger partial charge on any atom is 0.343 e. The molecule has 9 rings (SSSR count). The van der Waals surface area contributed by atoms with E-state index in [2.05, 4.69) is 15.7 Å². The molecule has 0 amide bonds. The number of hydrogen-bond acceptors (Lipinski definition) is 8. The molecular weight excluding hydrogens is 534 g/mol. The average Bonchev–Trinajstić information content (AvgIpc) is 3.75. The summed E-state index contributed by atoms with van der Waals surface area (Å²) in [4.78, 5) is 14.3. The number of carbonyl (C=O) groups is 1. The zero-order valence-corrected chi connectivity index (χ0v) is 24.6. The van der Waals surface area contributed by atoms with E-state index in [0.717, 1.165) is 50.1 Å². The number of carbonyl (C=O) groups excluding carboxylic acids is 1. The Morgan fingerprint density at radius 3 is 2.83 bits per heavy atom. The van der Waals surface area contributed by atoms with Crippen LogP contribution in [-0.4, -0.2) is 74.2 Å². The van der Waals surface area contributed by atoms with Gasteiger partial charge in [-0.2, -0.15) is 0 Å². The van der Waals surface area contributed by atoms with Gasteiger partial charge < -0.3 is 28.8 Å². The fraction of sp³-hybridized carbons (Fsp3) is 0.618. The van der Waals surface area contributed by atoms with Crippen molar-refractivity contribution in [3.63, 3.8) is 0 Å². The van der Waals surface area contributed by atoms with Crippen molar-refractivity contribution in [1.29, 1.82) is 0 Å². The molecule has 7 aliphatic rings. The summed E-state index contributed by atoms with van der Waals surface area (Å²) in [6.07, 6.45) is 7.79. The summed E-state index contributed by atoms with van der Waals surface area (Å²) < 4.78 is 30.2. The van der Waals surface area contributed by atoms with Crippen molar-refractivity contribution in [2.24, 2.45) is 17.3 Å². The molecular formula is C34H41NO7. The minimum atomic E-state index is -0.476. The zero-order chi connectivity index (χ0) is 28.7. The molecule has 2 spiro atoms. The fourth-order valence-electron chi connectivity index (χ4n) is 9.99. The van der Waals surface area contributed by atoms with Crippen LogP contribution in [0.2, 0.25) is 0 Å². The monoisotopic (exact) mass is 575 g/mol. The number of rotatable bonds is 10. The van der Waals surface area contributed by atoms with Crippen molar-refractivity contribution < 1.29 is 33.6 Å². The van der Waals surface area contributed by atoms with E-state index in [1.54, 1.807) is 0 Å². The predicted molar refractivity (Wildman–Crippen MR) is 154 cm³/mol. The van der Waals surface area contributed by atoms with Gasteiger partial charge >= 0.3 is 5.97 Å². The lowest BCUT2D eigenvalue weighted by Crippen LogP contribution is -2.81. The smallest absolute Gasteiger partial charge is 0.343 e. The number of ether oxygens (including phenoxy) is 5. The minimum absolute atomic E-state index is 0.0762. The van der Waals surface area contributed by atoms with Crippen LogP contribution in [0, 0.1) is 17.3 Å². The first-order valence-electron chi connectivity index (χ1n) is 15.6. The number of phenolic OH excluding ortho intramolecular Hbond substituents is 1. The lowest BCUT2D eigenvalue weighted by molar-refractivity contribution is -0.283. The van der Waals surface area contributed by atoms with Crippen molar-refractivity contribution in [2.45, 2.75) is 74.7 Å². The van der Waals surface area contributed by atoms with E-state index in [4.69, 9.17) is 18.9 Å². The summed E-state index contributed by atoms with van der Waals surface area (Å²) >= 11 is 0. The van der Waals surface area contributed by atoms with Crippen LogP contribution in [0.3, 0.4) is 0 Å². The summed E-state index contributed by atoms with van der Waals surface area (Å²) in [5.41, 5.74) is 3.11. The van der Waals surface area contributed by atoms with Crippen LogP contribution in [0.5, 0.6) is 17.2 Å². The Hall–Kier alpha value is -2.81. The molecule has 2 aromatic carbocycles. The lowest BCUT2D eigenvalue weighted by Gasteiger charge is -2.74. The Kier molecular flexibility index (Phi) is 6.12. The Balaban J connectivity index is 1.09. The topological polar surface area (TPSA) is 86.7 Å². The number of methoxy groups -OCH3 is 2. The fourth-order valence-corrected chi connectivity index (χ4v) is 9.99. The van der Waals surface area contributed by atoms with Gasteiger partial charge in [0.2, 0.25) is 0 Å². The van der Waals surface area contributed by atoms with Crippen molar-refractivity contribution >= 4 is 5.97 Å². The summed E-state index contributed by atoms with van der Waals surface area (Å²) in [6, 6.07) is 12.2. The molecule has 0 aromatic heterocycles. The second-order valence-electron chi connectivity index (χ2n) is 13.6. The van der Waals surface area contributed by atoms with Crippen LogP contribution in [0.25, 0.3) is 0 Å². The van der Waals surface area contributed by atoms with Gasteiger partial charge in [0.25, 0.3) is 0 Å². The largest absolute Gasteiger partial charge is 0.504 e. The minimum Gasteiger partial charge on any atom is -0.504 e. The maximum atomic E-state index is 11.5. The number of aromatic hydroxyl groups is 1. The average molecular weight is 576 g/mol. The molecule has 2 heterocycles. The molecule has 8 nitrogen and oxygen atoms in total. The number of piperidine rings is 1. The van der Waals surface area contributed by atoms with Crippen molar-refractivity contribution in [2.75, 3.05) is 40.5 Å². The molecule has 42 heavy (non-hydrogen) atoms. The highest BCUT2D eigenvalue weighted by Gasteiger charge is 2.80. The molecule has 2 aliphatic heterocycles. The quantitative estimate of drug-likeness (QED) is 0.418. The van der Waals surface area contributed by atoms with Gasteiger partial charge in [-0.1, -0.05) is 18.2 Å². The van der Waals surface area contributed by atoms with Crippen molar-refractivity contribution in [3.05, 3.63) is 53.1 Å². The van der Waals surface area contributed by atoms with E-state index < -0.39 is 11.6 Å². The molecule has 224 valence electrons. The number of likely N-dealkylation sites (tertiary alicyclic amines) is 1. The van der Waals surface area contributed by atoms with Crippen LogP contribution in [0.4, 0.5) is 0 Å². The van der Waals surface area contributed by atoms with Crippen LogP contribution in [0.15, 0.2) is 36.4 Å². The highest BCUT2D eigenvalue weighted by molar-refractivity contribution is 5.70. The Bertz CT molecular complexity index is 1410. The second kappa shape index (κ2) is 9.60. The predicted octanol–water partition coefficient (Wildman–Crippen LogP) is 4.39. The molecule has 8 heteroatoms. The van der Waals surface area contributed by atoms with E-state index >= 15 is 0 Å². The SMILES string of the molecule is COC(=O)COc1cccc(COC[C@H]2CC34CCC2(OC)[C@@H]2Oc5c(O)ccc6c5C23CCN(CC2CC2)[C@@H]4C6)c1. The first-order valence-corrected chi connectivity index (χ1v) is 15.6. The third-order valence-electron chi connectivity index (χ3n) is 11.9. The van der Waals surface area contributed by atoms with Gasteiger partial charge in [0.15, 0.2) is 18.1 Å². The van der Waals surface area contributed by atoms with E-state index in [-0.39, 0.29) is 35.2 Å². The summed E-state index contributed by atoms with van der Waals surface area (Å²) in [5.74, 6) is 2.20. The van der Waals surface area contributed by atoms with Gasteiger partial charge in [-0.25, -0.2) is 4.79 Å². The normalized spacial score (nSPS) is 35.4. The maximum absolute atomic E-state index is 11.5. The molecule has 3 unspecified atom stereocenters. The van der Waals surface area contributed by atoms with Crippen LogP contribution >= 0.6 is 0 Å². The Morgan fingerprint density at radius 2 is 2.02 bits per heavy atom. The number of esters is 1. The van der Waals surface area contributed by atoms with E-state index in [9.17, 15) is 9.90 Å². The number of fused-ring (bicyclic) bond motifs is 2. The molecule has 2 aromatic rings. The van der Waals surface area contributed by atoms with Crippen molar-refractivity contribution in [1.82, 2.24) is 4.90 Å². The van der Waals surface area contributed by atoms with Crippen molar-refractivity contribution in [3.8, 4) is 17.2 Å². The number of nitrogens with zero attached hydrogens (tertiary/aromatic N) is 1. The summed E-state index contributed by atoms with van der Waals surface area (Å²) in [5, 5.41) is 11.0. The Labute approximate surface area is 247 Å². The van der Waals surface area contributed by atoms with Gasteiger partial charge in [0, 0.05) is 42.0 Å². The molecule has 6 atom stereocenters. The molecule has 5 aliphatic carbocycles. The summed E-state index contributed by atoms with van der Waals surface area (Å²) in [7, 11) is 3.20. The van der Waals surface area contributed by atoms with Crippen LogP contribution in [0.1, 0.15) is 55.2 Å². The first-order chi connectivity index (χ1) is 20.4. The number of phenols is 1. The third kappa shape index (κ3) is 3.61. The van der Waals surface area contributed by atoms with E-state index in [0.29, 0.717) is 30.8 Å². The molecule has 1 N–H and O–H groups in total. The molecule has 4 bridgehead atoms. The zero-order valence-electron chi connectivity index (χ0n) is 24.6. The molecule has 0 radical (unpaired) electrons. The summed E-state index contributed by atoms with van der Waals surface area (Å²) in [6.45, 7) is 3.19. The van der Waals surface area contributed by atoms with Gasteiger partial charge in [-0.05, 0) is 86.7 Å². The number of benzene rings is 2. The Morgan fingerprint density at radius 1 is 1.14 bits per heavy atom. The third-order valence-corrected chi connectivity index (χ3v) is 11.9. The van der Waals surface area contributed by atoms with Gasteiger partial charge in [0.1, 0.15) is 17.5 Å². The molecule has 5 fully saturated rings. The van der Waals surface area contributed by atoms with E-state index in [1.165, 1.54) is 37.6 Å².